The molecule has 10 atom stereocenters. The minimum absolute atomic E-state index is 0. The van der Waals surface area contributed by atoms with E-state index in [1.54, 1.807) is 9.80 Å². The summed E-state index contributed by atoms with van der Waals surface area (Å²) in [5.41, 5.74) is 0. The molecule has 0 aliphatic carbocycles. The number of rotatable bonds is 2. The Labute approximate surface area is 157 Å². The molecule has 11 nitrogen and oxygen atoms in total. The second-order valence-electron chi connectivity index (χ2n) is 7.63. The van der Waals surface area contributed by atoms with Gasteiger partial charge in [0.2, 0.25) is 0 Å². The molecule has 11 heteroatoms. The van der Waals surface area contributed by atoms with Crippen molar-refractivity contribution in [1.82, 2.24) is 9.80 Å². The van der Waals surface area contributed by atoms with E-state index >= 15 is 0 Å². The molecule has 10 N–H and O–H groups in total. The molecule has 4 aliphatic rings. The largest absolute Gasteiger partial charge is 0.412 e. The van der Waals surface area contributed by atoms with Gasteiger partial charge in [-0.1, -0.05) is 0 Å². The highest BCUT2D eigenvalue weighted by Crippen LogP contribution is 2.34. The van der Waals surface area contributed by atoms with Crippen molar-refractivity contribution in [3.8, 4) is 0 Å². The topological polar surface area (TPSA) is 200 Å². The summed E-state index contributed by atoms with van der Waals surface area (Å²) in [7, 11) is 0. The maximum atomic E-state index is 9.58. The lowest BCUT2D eigenvalue weighted by Crippen LogP contribution is -2.39. The molecule has 0 unspecified atom stereocenters. The van der Waals surface area contributed by atoms with Crippen molar-refractivity contribution in [2.75, 3.05) is 26.3 Å². The first-order valence-corrected chi connectivity index (χ1v) is 9.15. The van der Waals surface area contributed by atoms with Gasteiger partial charge in [-0.05, 0) is 12.8 Å². The standard InChI is InChI=1S/2C8H15NO4.H2O/c2*10-3-4-7(12)8(13)6-5(11)1-2-9(4)6;/h2*4-8,10-13H,1-3H2;1H2/t2*4-,5+,6+,7-,8+;/m11./s1. The molecule has 4 heterocycles. The Morgan fingerprint density at radius 3 is 1.22 bits per heavy atom. The Hall–Kier alpha value is -0.440. The van der Waals surface area contributed by atoms with Gasteiger partial charge in [0, 0.05) is 13.1 Å². The number of fused-ring (bicyclic) bond motifs is 2. The average Bonchev–Trinajstić information content (AvgIpc) is 3.30. The van der Waals surface area contributed by atoms with Crippen LogP contribution in [-0.2, 0) is 0 Å². The van der Waals surface area contributed by atoms with Crippen LogP contribution in [0.5, 0.6) is 0 Å². The molecule has 4 aliphatic heterocycles. The van der Waals surface area contributed by atoms with Gasteiger partial charge in [0.25, 0.3) is 0 Å². The molecule has 0 amide bonds. The molecule has 0 saturated carbocycles. The van der Waals surface area contributed by atoms with Crippen LogP contribution < -0.4 is 0 Å². The first kappa shape index (κ1) is 22.8. The van der Waals surface area contributed by atoms with Gasteiger partial charge >= 0.3 is 0 Å². The lowest BCUT2D eigenvalue weighted by atomic mass is 10.0. The van der Waals surface area contributed by atoms with Gasteiger partial charge in [0.1, 0.15) is 0 Å². The van der Waals surface area contributed by atoms with Gasteiger partial charge in [-0.3, -0.25) is 9.80 Å². The number of hydrogen-bond acceptors (Lipinski definition) is 10. The smallest absolute Gasteiger partial charge is 0.0995 e. The number of aliphatic hydroxyl groups is 8. The lowest BCUT2D eigenvalue weighted by Gasteiger charge is -2.22. The van der Waals surface area contributed by atoms with E-state index in [0.717, 1.165) is 0 Å². The minimum atomic E-state index is -0.940. The van der Waals surface area contributed by atoms with Crippen LogP contribution in [0.4, 0.5) is 0 Å². The Morgan fingerprint density at radius 1 is 0.593 bits per heavy atom. The van der Waals surface area contributed by atoms with Crippen LogP contribution in [0.2, 0.25) is 0 Å². The van der Waals surface area contributed by atoms with Crippen molar-refractivity contribution in [3.05, 3.63) is 0 Å². The molecule has 4 rings (SSSR count). The number of hydrogen-bond donors (Lipinski definition) is 8. The second kappa shape index (κ2) is 8.93. The summed E-state index contributed by atoms with van der Waals surface area (Å²) < 4.78 is 0. The van der Waals surface area contributed by atoms with Crippen LogP contribution in [0.15, 0.2) is 0 Å². The van der Waals surface area contributed by atoms with Gasteiger partial charge in [-0.2, -0.15) is 0 Å². The van der Waals surface area contributed by atoms with E-state index in [-0.39, 0.29) is 18.7 Å². The van der Waals surface area contributed by atoms with E-state index < -0.39 is 60.8 Å². The molecular formula is C16H32N2O9. The Bertz CT molecular complexity index is 445. The van der Waals surface area contributed by atoms with Crippen LogP contribution in [0.3, 0.4) is 0 Å². The molecule has 27 heavy (non-hydrogen) atoms. The predicted molar refractivity (Wildman–Crippen MR) is 91.6 cm³/mol. The minimum Gasteiger partial charge on any atom is -0.412 e. The Kier molecular flexibility index (Phi) is 7.55. The van der Waals surface area contributed by atoms with Gasteiger partial charge in [0.05, 0.1) is 74.0 Å². The van der Waals surface area contributed by atoms with E-state index in [1.807, 2.05) is 0 Å². The highest BCUT2D eigenvalue weighted by Gasteiger charge is 2.53. The van der Waals surface area contributed by atoms with Crippen molar-refractivity contribution in [3.63, 3.8) is 0 Å². The second-order valence-corrected chi connectivity index (χ2v) is 7.63. The summed E-state index contributed by atoms with van der Waals surface area (Å²) in [4.78, 5) is 3.58. The number of aliphatic hydroxyl groups excluding tert-OH is 8. The van der Waals surface area contributed by atoms with E-state index in [0.29, 0.717) is 25.9 Å². The van der Waals surface area contributed by atoms with Crippen LogP contribution >= 0.6 is 0 Å². The quantitative estimate of drug-likeness (QED) is 0.222. The van der Waals surface area contributed by atoms with E-state index in [9.17, 15) is 30.6 Å². The lowest BCUT2D eigenvalue weighted by molar-refractivity contribution is -0.000914. The average molecular weight is 396 g/mol. The molecule has 0 radical (unpaired) electrons. The fourth-order valence-corrected chi connectivity index (χ4v) is 4.94. The third kappa shape index (κ3) is 3.74. The summed E-state index contributed by atoms with van der Waals surface area (Å²) in [6.45, 7) is 0.902. The summed E-state index contributed by atoms with van der Waals surface area (Å²) in [6, 6.07) is -1.63. The molecule has 4 fully saturated rings. The molecule has 0 spiro atoms. The van der Waals surface area contributed by atoms with E-state index in [1.165, 1.54) is 0 Å². The summed E-state index contributed by atoms with van der Waals surface area (Å²) >= 11 is 0. The van der Waals surface area contributed by atoms with Gasteiger partial charge in [-0.25, -0.2) is 0 Å². The van der Waals surface area contributed by atoms with Crippen LogP contribution in [0.1, 0.15) is 12.8 Å². The van der Waals surface area contributed by atoms with E-state index in [2.05, 4.69) is 0 Å². The highest BCUT2D eigenvalue weighted by molar-refractivity contribution is 5.07. The molecule has 0 aromatic heterocycles. The fraction of sp³-hybridized carbons (Fsp3) is 1.00. The van der Waals surface area contributed by atoms with Crippen LogP contribution in [-0.4, -0.2) is 143 Å². The molecule has 0 aromatic carbocycles. The SMILES string of the molecule is O.OC[C@@H]1[C@@H](O)[C@@H](O)[C@@H]2[C@@H](O)CCN21.OC[C@@H]1[C@@H](O)[C@@H](O)[C@@H]2[C@@H](O)CCN21. The molecule has 0 bridgehead atoms. The molecule has 0 aromatic rings. The zero-order chi connectivity index (χ0) is 19.2. The fourth-order valence-electron chi connectivity index (χ4n) is 4.94. The first-order valence-electron chi connectivity index (χ1n) is 9.15. The van der Waals surface area contributed by atoms with Crippen LogP contribution in [0, 0.1) is 0 Å². The zero-order valence-corrected chi connectivity index (χ0v) is 15.0. The third-order valence-corrected chi connectivity index (χ3v) is 6.33. The van der Waals surface area contributed by atoms with Crippen molar-refractivity contribution in [2.24, 2.45) is 0 Å². The van der Waals surface area contributed by atoms with Crippen molar-refractivity contribution in [2.45, 2.75) is 73.6 Å². The first-order chi connectivity index (χ1) is 12.3. The summed E-state index contributed by atoms with van der Waals surface area (Å²) in [5.74, 6) is 0. The van der Waals surface area contributed by atoms with Crippen molar-refractivity contribution < 1.29 is 46.3 Å². The third-order valence-electron chi connectivity index (χ3n) is 6.33. The molecular weight excluding hydrogens is 364 g/mol. The summed E-state index contributed by atoms with van der Waals surface area (Å²) in [5, 5.41) is 75.2. The Balaban J connectivity index is 0.000000187. The maximum absolute atomic E-state index is 9.58. The molecule has 160 valence electrons. The van der Waals surface area contributed by atoms with Gasteiger partial charge < -0.3 is 46.3 Å². The maximum Gasteiger partial charge on any atom is 0.0995 e. The zero-order valence-electron chi connectivity index (χ0n) is 15.0. The normalized spacial score (nSPS) is 49.3. The predicted octanol–water partition coefficient (Wildman–Crippen LogP) is -5.79. The number of nitrogens with zero attached hydrogens (tertiary/aromatic N) is 2. The van der Waals surface area contributed by atoms with Gasteiger partial charge in [-0.15, -0.1) is 0 Å². The Morgan fingerprint density at radius 2 is 0.926 bits per heavy atom. The summed E-state index contributed by atoms with van der Waals surface area (Å²) in [6.07, 6.45) is -3.71. The monoisotopic (exact) mass is 396 g/mol. The van der Waals surface area contributed by atoms with Gasteiger partial charge in [0.15, 0.2) is 0 Å². The van der Waals surface area contributed by atoms with E-state index in [4.69, 9.17) is 10.2 Å². The van der Waals surface area contributed by atoms with Crippen molar-refractivity contribution in [1.29, 1.82) is 0 Å². The molecule has 4 saturated heterocycles. The van der Waals surface area contributed by atoms with Crippen LogP contribution in [0.25, 0.3) is 0 Å². The van der Waals surface area contributed by atoms with Crippen molar-refractivity contribution >= 4 is 0 Å². The highest BCUT2D eigenvalue weighted by atomic mass is 16.4.